The third-order valence-corrected chi connectivity index (χ3v) is 6.70. The van der Waals surface area contributed by atoms with Gasteiger partial charge in [0.15, 0.2) is 0 Å². The number of pyridine rings is 1. The molecule has 34 heavy (non-hydrogen) atoms. The van der Waals surface area contributed by atoms with E-state index in [1.807, 2.05) is 19.2 Å². The van der Waals surface area contributed by atoms with E-state index in [9.17, 15) is 9.18 Å². The molecular weight excluding hydrogens is 455 g/mol. The maximum atomic E-state index is 13.5. The molecule has 3 heterocycles. The van der Waals surface area contributed by atoms with E-state index in [1.54, 1.807) is 30.3 Å². The van der Waals surface area contributed by atoms with Crippen LogP contribution in [0.2, 0.25) is 5.02 Å². The van der Waals surface area contributed by atoms with Crippen molar-refractivity contribution < 1.29 is 13.9 Å². The van der Waals surface area contributed by atoms with Crippen molar-refractivity contribution in [2.24, 2.45) is 0 Å². The maximum Gasteiger partial charge on any atom is 0.412 e. The van der Waals surface area contributed by atoms with E-state index in [-0.39, 0.29) is 5.82 Å². The van der Waals surface area contributed by atoms with Gasteiger partial charge in [0.05, 0.1) is 5.52 Å². The van der Waals surface area contributed by atoms with Crippen molar-refractivity contribution in [3.05, 3.63) is 70.8 Å². The van der Waals surface area contributed by atoms with Crippen molar-refractivity contribution in [2.45, 2.75) is 25.7 Å². The lowest BCUT2D eigenvalue weighted by Gasteiger charge is -2.31. The molecule has 1 aliphatic heterocycles. The van der Waals surface area contributed by atoms with Crippen LogP contribution in [0.5, 0.6) is 5.75 Å². The number of nitrogens with zero attached hydrogens (tertiary/aromatic N) is 2. The number of carbonyl (C=O) groups excluding carboxylic acids is 1. The summed E-state index contributed by atoms with van der Waals surface area (Å²) in [5.41, 5.74) is 3.55. The normalized spacial score (nSPS) is 15.1. The molecule has 1 aliphatic rings. The highest BCUT2D eigenvalue weighted by Crippen LogP contribution is 2.33. The zero-order valence-electron chi connectivity index (χ0n) is 18.9. The smallest absolute Gasteiger partial charge is 0.410 e. The van der Waals surface area contributed by atoms with Crippen LogP contribution in [0.4, 0.5) is 9.18 Å². The van der Waals surface area contributed by atoms with Crippen LogP contribution >= 0.6 is 11.6 Å². The Morgan fingerprint density at radius 1 is 1.21 bits per heavy atom. The number of piperidine rings is 1. The third kappa shape index (κ3) is 4.86. The van der Waals surface area contributed by atoms with Crippen LogP contribution in [0.1, 0.15) is 30.0 Å². The number of H-pyrrole nitrogens is 1. The van der Waals surface area contributed by atoms with Crippen molar-refractivity contribution in [2.75, 3.05) is 26.2 Å². The van der Waals surface area contributed by atoms with Gasteiger partial charge >= 0.3 is 6.09 Å². The number of hydrogen-bond donors (Lipinski definition) is 2. The summed E-state index contributed by atoms with van der Waals surface area (Å²) < 4.78 is 19.0. The Morgan fingerprint density at radius 3 is 2.82 bits per heavy atom. The first kappa shape index (κ1) is 22.6. The number of aromatic nitrogens is 2. The van der Waals surface area contributed by atoms with Crippen molar-refractivity contribution in [3.63, 3.8) is 0 Å². The predicted octanol–water partition coefficient (Wildman–Crippen LogP) is 5.79. The molecule has 2 N–H and O–H groups in total. The molecule has 2 aromatic carbocycles. The lowest BCUT2D eigenvalue weighted by Crippen LogP contribution is -2.39. The highest BCUT2D eigenvalue weighted by atomic mass is 35.5. The average molecular weight is 481 g/mol. The van der Waals surface area contributed by atoms with Crippen molar-refractivity contribution in [1.29, 1.82) is 0 Å². The van der Waals surface area contributed by atoms with Crippen LogP contribution in [0.3, 0.4) is 0 Å². The summed E-state index contributed by atoms with van der Waals surface area (Å²) in [6.07, 6.45) is 3.59. The first-order chi connectivity index (χ1) is 16.5. The molecule has 0 saturated carbocycles. The van der Waals surface area contributed by atoms with Gasteiger partial charge in [0, 0.05) is 52.4 Å². The van der Waals surface area contributed by atoms with Gasteiger partial charge in [-0.3, -0.25) is 4.98 Å². The van der Waals surface area contributed by atoms with Gasteiger partial charge in [0.2, 0.25) is 0 Å². The summed E-state index contributed by atoms with van der Waals surface area (Å²) in [5.74, 6) is 0.694. The number of aromatic amines is 1. The van der Waals surface area contributed by atoms with Crippen LogP contribution in [0.25, 0.3) is 21.8 Å². The molecule has 0 spiro atoms. The van der Waals surface area contributed by atoms with Crippen LogP contribution in [0.15, 0.2) is 48.7 Å². The first-order valence-electron chi connectivity index (χ1n) is 11.5. The van der Waals surface area contributed by atoms with E-state index in [4.69, 9.17) is 16.3 Å². The number of amides is 1. The molecule has 0 radical (unpaired) electrons. The van der Waals surface area contributed by atoms with E-state index in [0.29, 0.717) is 28.8 Å². The maximum absolute atomic E-state index is 13.5. The van der Waals surface area contributed by atoms with Gasteiger partial charge in [-0.1, -0.05) is 11.6 Å². The number of aryl methyl sites for hydroxylation is 1. The van der Waals surface area contributed by atoms with E-state index in [0.717, 1.165) is 54.5 Å². The second kappa shape index (κ2) is 9.60. The summed E-state index contributed by atoms with van der Waals surface area (Å²) in [6, 6.07) is 12.0. The second-order valence-corrected chi connectivity index (χ2v) is 9.23. The van der Waals surface area contributed by atoms with Gasteiger partial charge in [-0.2, -0.15) is 0 Å². The van der Waals surface area contributed by atoms with E-state index < -0.39 is 6.09 Å². The number of fused-ring (bicyclic) bond motifs is 2. The van der Waals surface area contributed by atoms with Gasteiger partial charge in [-0.05, 0) is 80.7 Å². The number of benzene rings is 2. The van der Waals surface area contributed by atoms with Gasteiger partial charge in [0.1, 0.15) is 11.6 Å². The molecule has 6 nitrogen and oxygen atoms in total. The van der Waals surface area contributed by atoms with Crippen molar-refractivity contribution >= 4 is 39.5 Å². The predicted molar refractivity (Wildman–Crippen MR) is 132 cm³/mol. The molecule has 8 heteroatoms. The Morgan fingerprint density at radius 2 is 2.00 bits per heavy atom. The summed E-state index contributed by atoms with van der Waals surface area (Å²) in [5, 5.41) is 5.28. The Balaban J connectivity index is 1.12. The van der Waals surface area contributed by atoms with Crippen LogP contribution in [0, 0.1) is 12.7 Å². The Kier molecular flexibility index (Phi) is 6.39. The van der Waals surface area contributed by atoms with E-state index in [1.165, 1.54) is 11.6 Å². The SMILES string of the molecule is Cc1cc(OC(=O)NCCN2CCC(c3c[nH]c4cc(F)ccc34)CC2)c2ccc(Cl)cc2n1. The van der Waals surface area contributed by atoms with E-state index >= 15 is 0 Å². The minimum absolute atomic E-state index is 0.224. The fraction of sp³-hybridized carbons (Fsp3) is 0.308. The molecule has 0 bridgehead atoms. The monoisotopic (exact) mass is 480 g/mol. The molecule has 2 aromatic heterocycles. The highest BCUT2D eigenvalue weighted by Gasteiger charge is 2.23. The summed E-state index contributed by atoms with van der Waals surface area (Å²) in [4.78, 5) is 22.4. The van der Waals surface area contributed by atoms with E-state index in [2.05, 4.69) is 20.2 Å². The number of halogens is 2. The summed E-state index contributed by atoms with van der Waals surface area (Å²) in [7, 11) is 0. The van der Waals surface area contributed by atoms with Crippen LogP contribution < -0.4 is 10.1 Å². The lowest BCUT2D eigenvalue weighted by atomic mass is 9.89. The minimum atomic E-state index is -0.484. The molecule has 0 unspecified atom stereocenters. The minimum Gasteiger partial charge on any atom is -0.410 e. The summed E-state index contributed by atoms with van der Waals surface area (Å²) in [6.45, 7) is 5.01. The number of rotatable bonds is 5. The Bertz CT molecular complexity index is 1340. The highest BCUT2D eigenvalue weighted by molar-refractivity contribution is 6.31. The largest absolute Gasteiger partial charge is 0.412 e. The van der Waals surface area contributed by atoms with Gasteiger partial charge in [0.25, 0.3) is 0 Å². The zero-order valence-corrected chi connectivity index (χ0v) is 19.7. The molecule has 1 amide bonds. The molecule has 176 valence electrons. The number of ether oxygens (including phenoxy) is 1. The number of hydrogen-bond acceptors (Lipinski definition) is 4. The second-order valence-electron chi connectivity index (χ2n) is 8.79. The van der Waals surface area contributed by atoms with Gasteiger partial charge in [-0.15, -0.1) is 0 Å². The summed E-state index contributed by atoms with van der Waals surface area (Å²) >= 11 is 6.06. The zero-order chi connectivity index (χ0) is 23.7. The molecule has 5 rings (SSSR count). The first-order valence-corrected chi connectivity index (χ1v) is 11.9. The van der Waals surface area contributed by atoms with Gasteiger partial charge in [-0.25, -0.2) is 9.18 Å². The molecule has 0 atom stereocenters. The molecular formula is C26H26ClFN4O2. The topological polar surface area (TPSA) is 70.2 Å². The quantitative estimate of drug-likeness (QED) is 0.379. The van der Waals surface area contributed by atoms with Crippen molar-refractivity contribution in [1.82, 2.24) is 20.2 Å². The van der Waals surface area contributed by atoms with Crippen LogP contribution in [-0.2, 0) is 0 Å². The molecule has 1 saturated heterocycles. The Labute approximate surface area is 202 Å². The fourth-order valence-electron chi connectivity index (χ4n) is 4.76. The van der Waals surface area contributed by atoms with Crippen LogP contribution in [-0.4, -0.2) is 47.1 Å². The van der Waals surface area contributed by atoms with Gasteiger partial charge < -0.3 is 19.9 Å². The van der Waals surface area contributed by atoms with Crippen molar-refractivity contribution in [3.8, 4) is 5.75 Å². The third-order valence-electron chi connectivity index (χ3n) is 6.47. The standard InChI is InChI=1S/C26H26ClFN4O2/c1-16-12-25(21-4-2-18(27)13-24(21)31-16)34-26(33)29-8-11-32-9-6-17(7-10-32)22-15-30-23-14-19(28)3-5-20(22)23/h2-5,12-15,17,30H,6-11H2,1H3,(H,29,33). The molecule has 1 fully saturated rings. The number of carbonyl (C=O) groups is 1. The number of nitrogens with one attached hydrogen (secondary N) is 2. The molecule has 4 aromatic rings. The molecule has 0 aliphatic carbocycles. The average Bonchev–Trinajstić information content (AvgIpc) is 3.22. The lowest BCUT2D eigenvalue weighted by molar-refractivity contribution is 0.190. The fourth-order valence-corrected chi connectivity index (χ4v) is 4.92. The Hall–Kier alpha value is -3.16. The number of likely N-dealkylation sites (tertiary alicyclic amines) is 1.